The highest BCUT2D eigenvalue weighted by atomic mass is 32.2. The van der Waals surface area contributed by atoms with Crippen molar-refractivity contribution >= 4 is 39.6 Å². The third-order valence-electron chi connectivity index (χ3n) is 20.3. The number of fused-ring (bicyclic) bond motifs is 6. The first-order chi connectivity index (χ1) is 43.8. The lowest BCUT2D eigenvalue weighted by Gasteiger charge is -2.41. The second kappa shape index (κ2) is 29.2. The first-order valence-electron chi connectivity index (χ1n) is 31.9. The lowest BCUT2D eigenvalue weighted by molar-refractivity contribution is -0.143. The number of hydrogen-bond acceptors (Lipinski definition) is 11. The number of carbonyl (C=O) groups excluding carboxylic acids is 5. The molecule has 28 heteroatoms. The van der Waals surface area contributed by atoms with E-state index in [0.29, 0.717) is 68.1 Å². The molecule has 1 aromatic heterocycles. The van der Waals surface area contributed by atoms with E-state index in [1.54, 1.807) is 39.9 Å². The first-order valence-corrected chi connectivity index (χ1v) is 33.4. The van der Waals surface area contributed by atoms with Crippen LogP contribution < -0.4 is 21.9 Å². The fraction of sp³-hybridized carbons (Fsp3) is 0.600. The second-order valence-corrected chi connectivity index (χ2v) is 28.4. The minimum Gasteiger partial charge on any atom is -0.337 e. The molecule has 18 nitrogen and oxygen atoms in total. The van der Waals surface area contributed by atoms with Crippen molar-refractivity contribution in [2.45, 2.75) is 189 Å². The van der Waals surface area contributed by atoms with Gasteiger partial charge in [0, 0.05) is 107 Å². The quantitative estimate of drug-likeness (QED) is 0.0590. The number of likely N-dealkylation sites (N-methyl/N-ethyl adjacent to an activating group) is 2. The largest absolute Gasteiger partial charge is 0.337 e. The van der Waals surface area contributed by atoms with Crippen molar-refractivity contribution in [2.75, 3.05) is 33.7 Å². The van der Waals surface area contributed by atoms with Gasteiger partial charge in [-0.3, -0.25) is 28.7 Å². The molecule has 510 valence electrons. The normalized spacial score (nSPS) is 24.8. The third-order valence-corrected chi connectivity index (χ3v) is 22.0. The number of aryl methyl sites for hydroxylation is 2. The zero-order valence-electron chi connectivity index (χ0n) is 53.1. The molecule has 3 aromatic carbocycles. The summed E-state index contributed by atoms with van der Waals surface area (Å²) in [6.07, 6.45) is 11.2. The molecule has 1 aliphatic carbocycles. The van der Waals surface area contributed by atoms with Crippen LogP contribution in [0.1, 0.15) is 125 Å². The Labute approximate surface area is 536 Å². The van der Waals surface area contributed by atoms with E-state index in [1.807, 2.05) is 9.80 Å². The minimum atomic E-state index is -3.91. The Morgan fingerprint density at radius 1 is 0.516 bits per heavy atom. The molecule has 0 radical (unpaired) electrons. The van der Waals surface area contributed by atoms with E-state index >= 15 is 0 Å². The van der Waals surface area contributed by atoms with Gasteiger partial charge in [0.05, 0.1) is 31.0 Å². The maximum atomic E-state index is 14.1. The molecule has 0 spiro atoms. The zero-order valence-corrected chi connectivity index (χ0v) is 54.0. The number of carbonyl (C=O) groups is 5. The lowest BCUT2D eigenvalue weighted by Crippen LogP contribution is -2.53. The monoisotopic (exact) mass is 1330 g/mol. The van der Waals surface area contributed by atoms with E-state index in [9.17, 15) is 71.9 Å². The smallest absolute Gasteiger partial charge is 0.244 e. The van der Waals surface area contributed by atoms with E-state index in [-0.39, 0.29) is 150 Å². The van der Waals surface area contributed by atoms with Crippen LogP contribution in [0.3, 0.4) is 0 Å². The molecule has 6 aliphatic heterocycles. The number of halogens is 9. The van der Waals surface area contributed by atoms with Gasteiger partial charge < -0.3 is 41.7 Å². The first kappa shape index (κ1) is 70.7. The highest BCUT2D eigenvalue weighted by Crippen LogP contribution is 2.44. The molecule has 11 rings (SSSR count). The molecule has 12 atom stereocenters. The van der Waals surface area contributed by atoms with E-state index < -0.39 is 80.5 Å². The standard InChI is InChI=1S/C23H30F3N5O3S.C22H28F3N3O2.C20H26F3N3O2/c1-12-23(13(2)30(3)29-12)35(33,34)28-11-22(32)31-16-4-5-17(31)7-15(6-16)21(27)9-14-8-19(25)20(26)10-18(14)24;1-27(22(30)12-2-3-12)11-21(29)28-15-4-5-16(28)7-14(6-15)20(26)9-13-8-18(24)19(25)10-17(13)23;1-11(27)25(2)10-20(28)26-14-3-4-15(26)6-13(5-14)19(24)8-12-7-17(22)18(23)9-16(12)21/h8,10,15-17,21,28H,4-7,9,11,27H2,1-3H3;8,10,12,14-16,20H,2-7,9,11,26H2,1H3;7,9,13-15,19H,3-6,8,10,24H2,1-2H3/t15?,16-,17+,21-;14?,15-,16+,20-;13?,14-,15+,19-/m111/s1. The van der Waals surface area contributed by atoms with Crippen LogP contribution in [0.15, 0.2) is 41.3 Å². The zero-order chi connectivity index (χ0) is 67.8. The van der Waals surface area contributed by atoms with Gasteiger partial charge in [0.15, 0.2) is 34.9 Å². The van der Waals surface area contributed by atoms with Gasteiger partial charge in [-0.1, -0.05) is 0 Å². The summed E-state index contributed by atoms with van der Waals surface area (Å²) in [7, 11) is 1.02. The number of benzene rings is 3. The number of amides is 5. The minimum absolute atomic E-state index is 0.0256. The fourth-order valence-corrected chi connectivity index (χ4v) is 16.6. The molecule has 7 aliphatic rings. The van der Waals surface area contributed by atoms with E-state index in [1.165, 1.54) is 21.4 Å². The number of nitrogens with two attached hydrogens (primary N) is 3. The van der Waals surface area contributed by atoms with Crippen LogP contribution >= 0.6 is 0 Å². The number of piperidine rings is 3. The molecule has 1 saturated carbocycles. The molecule has 93 heavy (non-hydrogen) atoms. The SMILES string of the molecule is CC(=O)N(C)CC(=O)N1[C@@H]2CC[C@H]1CC([C@H](N)Cc1cc(F)c(F)cc1F)C2.CN(CC(=O)N1[C@@H]2CC[C@H]1CC([C@H](N)Cc1cc(F)c(F)cc1F)C2)C(=O)C1CC1.Cc1nn(C)c(C)c1S(=O)(=O)NCC(=O)N1[C@@H]2CC[C@H]1CC([C@H](N)Cc1cc(F)c(F)cc1F)C2. The van der Waals surface area contributed by atoms with Crippen LogP contribution in [-0.4, -0.2) is 160 Å². The number of hydrogen-bond donors (Lipinski definition) is 4. The van der Waals surface area contributed by atoms with Crippen molar-refractivity contribution in [2.24, 2.45) is 47.9 Å². The maximum Gasteiger partial charge on any atom is 0.244 e. The van der Waals surface area contributed by atoms with Gasteiger partial charge in [-0.05, 0) is 176 Å². The van der Waals surface area contributed by atoms with Crippen LogP contribution in [-0.2, 0) is 60.3 Å². The second-order valence-electron chi connectivity index (χ2n) is 26.7. The van der Waals surface area contributed by atoms with Crippen LogP contribution in [0.4, 0.5) is 39.5 Å². The van der Waals surface area contributed by atoms with Gasteiger partial charge in [-0.15, -0.1) is 0 Å². The predicted molar refractivity (Wildman–Crippen MR) is 325 cm³/mol. The summed E-state index contributed by atoms with van der Waals surface area (Å²) in [5.74, 6) is -9.68. The van der Waals surface area contributed by atoms with Crippen molar-refractivity contribution in [3.05, 3.63) is 117 Å². The molecule has 5 amide bonds. The molecule has 7 heterocycles. The van der Waals surface area contributed by atoms with Gasteiger partial charge in [0.2, 0.25) is 39.6 Å². The molecular weight excluding hydrogens is 1250 g/mol. The van der Waals surface area contributed by atoms with Gasteiger partial charge in [-0.25, -0.2) is 52.7 Å². The number of nitrogens with zero attached hydrogens (tertiary/aromatic N) is 7. The van der Waals surface area contributed by atoms with E-state index in [0.717, 1.165) is 69.6 Å². The lowest BCUT2D eigenvalue weighted by atomic mass is 9.82. The van der Waals surface area contributed by atoms with E-state index in [2.05, 4.69) is 9.82 Å². The van der Waals surface area contributed by atoms with Gasteiger partial charge in [-0.2, -0.15) is 5.10 Å². The summed E-state index contributed by atoms with van der Waals surface area (Å²) in [6.45, 7) is 4.46. The van der Waals surface area contributed by atoms with Crippen molar-refractivity contribution in [1.29, 1.82) is 0 Å². The molecule has 6 saturated heterocycles. The van der Waals surface area contributed by atoms with Gasteiger partial charge in [0.25, 0.3) is 0 Å². The van der Waals surface area contributed by atoms with Crippen molar-refractivity contribution in [3.63, 3.8) is 0 Å². The number of aromatic nitrogens is 2. The van der Waals surface area contributed by atoms with Crippen LogP contribution in [0, 0.1) is 89.9 Å². The number of sulfonamides is 1. The Hall–Kier alpha value is -6.62. The molecule has 7 fully saturated rings. The molecule has 7 N–H and O–H groups in total. The van der Waals surface area contributed by atoms with Crippen molar-refractivity contribution < 1.29 is 71.9 Å². The molecule has 4 aromatic rings. The highest BCUT2D eigenvalue weighted by molar-refractivity contribution is 7.89. The van der Waals surface area contributed by atoms with Gasteiger partial charge >= 0.3 is 0 Å². The molecule has 3 unspecified atom stereocenters. The van der Waals surface area contributed by atoms with E-state index in [4.69, 9.17) is 17.2 Å². The Balaban J connectivity index is 0.000000166. The van der Waals surface area contributed by atoms with Gasteiger partial charge in [0.1, 0.15) is 22.3 Å². The number of nitrogens with one attached hydrogen (secondary N) is 1. The summed E-state index contributed by atoms with van der Waals surface area (Å²) >= 11 is 0. The predicted octanol–water partition coefficient (Wildman–Crippen LogP) is 6.91. The highest BCUT2D eigenvalue weighted by Gasteiger charge is 2.48. The third kappa shape index (κ3) is 16.2. The summed E-state index contributed by atoms with van der Waals surface area (Å²) in [6, 6.07) is 2.97. The summed E-state index contributed by atoms with van der Waals surface area (Å²) in [5.41, 5.74) is 20.0. The van der Waals surface area contributed by atoms with Crippen molar-refractivity contribution in [3.8, 4) is 0 Å². The fourth-order valence-electron chi connectivity index (χ4n) is 15.2. The average molecular weight is 1330 g/mol. The summed E-state index contributed by atoms with van der Waals surface area (Å²) in [5, 5.41) is 4.12. The summed E-state index contributed by atoms with van der Waals surface area (Å²) < 4.78 is 151. The Bertz CT molecular complexity index is 3540. The molecular formula is C65H84F9N11O7S. The number of rotatable bonds is 18. The Kier molecular flexibility index (Phi) is 22.2. The topological polar surface area (TPSA) is 244 Å². The molecule has 6 bridgehead atoms. The van der Waals surface area contributed by atoms with Crippen LogP contribution in [0.2, 0.25) is 0 Å². The Morgan fingerprint density at radius 3 is 1.13 bits per heavy atom. The van der Waals surface area contributed by atoms with Crippen molar-refractivity contribution in [1.82, 2.24) is 39.0 Å². The Morgan fingerprint density at radius 2 is 0.828 bits per heavy atom. The summed E-state index contributed by atoms with van der Waals surface area (Å²) in [4.78, 5) is 70.6. The maximum absolute atomic E-state index is 14.1. The average Bonchev–Trinajstić information content (AvgIpc) is 1.69. The van der Waals surface area contributed by atoms with Crippen LogP contribution in [0.25, 0.3) is 0 Å². The van der Waals surface area contributed by atoms with Crippen LogP contribution in [0.5, 0.6) is 0 Å².